The highest BCUT2D eigenvalue weighted by Gasteiger charge is 2.20. The molecule has 8 heteroatoms. The average molecular weight is 525 g/mol. The molecule has 0 atom stereocenters. The number of ether oxygens (including phenoxy) is 1. The van der Waals surface area contributed by atoms with E-state index >= 15 is 0 Å². The van der Waals surface area contributed by atoms with Gasteiger partial charge in [0.1, 0.15) is 5.82 Å². The Morgan fingerprint density at radius 1 is 1.08 bits per heavy atom. The molecule has 1 aliphatic heterocycles. The van der Waals surface area contributed by atoms with Gasteiger partial charge < -0.3 is 25.6 Å². The SMILES string of the molecule is CCCCCNc1nc(N)nc(C)c1Cc1ccc(CC(=O)OCCCCN2CCC(N(C)C)CC2)cc1. The Bertz CT molecular complexity index is 987. The smallest absolute Gasteiger partial charge is 0.310 e. The summed E-state index contributed by atoms with van der Waals surface area (Å²) in [6.45, 7) is 8.96. The maximum Gasteiger partial charge on any atom is 0.310 e. The lowest BCUT2D eigenvalue weighted by Crippen LogP contribution is -2.42. The molecule has 0 bridgehead atoms. The Labute approximate surface area is 229 Å². The van der Waals surface area contributed by atoms with Gasteiger partial charge in [0, 0.05) is 30.3 Å². The first kappa shape index (κ1) is 29.8. The van der Waals surface area contributed by atoms with E-state index in [0.717, 1.165) is 60.6 Å². The first-order valence-electron chi connectivity index (χ1n) is 14.3. The van der Waals surface area contributed by atoms with Crippen molar-refractivity contribution in [3.05, 3.63) is 46.6 Å². The summed E-state index contributed by atoms with van der Waals surface area (Å²) in [6, 6.07) is 8.87. The zero-order chi connectivity index (χ0) is 27.3. The Morgan fingerprint density at radius 3 is 2.47 bits per heavy atom. The van der Waals surface area contributed by atoms with Gasteiger partial charge in [-0.15, -0.1) is 0 Å². The number of benzene rings is 1. The van der Waals surface area contributed by atoms with Crippen LogP contribution >= 0.6 is 0 Å². The number of nitrogens with zero attached hydrogens (tertiary/aromatic N) is 4. The number of aromatic nitrogens is 2. The molecule has 3 rings (SSSR count). The van der Waals surface area contributed by atoms with Crippen molar-refractivity contribution in [1.29, 1.82) is 0 Å². The minimum atomic E-state index is -0.161. The number of hydrogen-bond donors (Lipinski definition) is 2. The molecule has 38 heavy (non-hydrogen) atoms. The average Bonchev–Trinajstić information content (AvgIpc) is 2.89. The van der Waals surface area contributed by atoms with Crippen LogP contribution in [-0.4, -0.2) is 78.7 Å². The number of aryl methyl sites for hydroxylation is 1. The number of carbonyl (C=O) groups is 1. The molecule has 8 nitrogen and oxygen atoms in total. The molecule has 1 fully saturated rings. The predicted octanol–water partition coefficient (Wildman–Crippen LogP) is 4.45. The first-order chi connectivity index (χ1) is 18.4. The van der Waals surface area contributed by atoms with Crippen LogP contribution in [0.15, 0.2) is 24.3 Å². The number of esters is 1. The van der Waals surface area contributed by atoms with Crippen molar-refractivity contribution in [2.24, 2.45) is 0 Å². The number of nitrogens with two attached hydrogens (primary N) is 1. The number of anilines is 2. The molecule has 0 saturated carbocycles. The van der Waals surface area contributed by atoms with Gasteiger partial charge in [0.25, 0.3) is 0 Å². The highest BCUT2D eigenvalue weighted by atomic mass is 16.5. The van der Waals surface area contributed by atoms with Crippen LogP contribution in [0.25, 0.3) is 0 Å². The predicted molar refractivity (Wildman–Crippen MR) is 155 cm³/mol. The summed E-state index contributed by atoms with van der Waals surface area (Å²) in [6.07, 6.45) is 8.93. The lowest BCUT2D eigenvalue weighted by atomic mass is 10.0. The van der Waals surface area contributed by atoms with Crippen LogP contribution in [0.3, 0.4) is 0 Å². The Kier molecular flexibility index (Phi) is 12.3. The number of likely N-dealkylation sites (tertiary alicyclic amines) is 1. The molecule has 0 unspecified atom stereocenters. The Hall–Kier alpha value is -2.71. The lowest BCUT2D eigenvalue weighted by Gasteiger charge is -2.35. The van der Waals surface area contributed by atoms with Crippen LogP contribution in [0.2, 0.25) is 0 Å². The van der Waals surface area contributed by atoms with Crippen LogP contribution < -0.4 is 11.1 Å². The molecular formula is C30H48N6O2. The number of nitrogens with one attached hydrogen (secondary N) is 1. The number of rotatable bonds is 15. The van der Waals surface area contributed by atoms with E-state index in [-0.39, 0.29) is 5.97 Å². The zero-order valence-corrected chi connectivity index (χ0v) is 24.0. The Morgan fingerprint density at radius 2 is 1.79 bits per heavy atom. The Balaban J connectivity index is 1.39. The van der Waals surface area contributed by atoms with Gasteiger partial charge in [-0.25, -0.2) is 4.98 Å². The molecule has 1 aromatic carbocycles. The van der Waals surface area contributed by atoms with Gasteiger partial charge in [-0.1, -0.05) is 44.0 Å². The molecule has 1 aliphatic rings. The third-order valence-electron chi connectivity index (χ3n) is 7.48. The minimum absolute atomic E-state index is 0.161. The normalized spacial score (nSPS) is 14.7. The van der Waals surface area contributed by atoms with E-state index in [1.807, 2.05) is 19.1 Å². The van der Waals surface area contributed by atoms with E-state index in [9.17, 15) is 4.79 Å². The van der Waals surface area contributed by atoms with Gasteiger partial charge in [-0.3, -0.25) is 4.79 Å². The molecule has 0 spiro atoms. The van der Waals surface area contributed by atoms with E-state index in [4.69, 9.17) is 10.5 Å². The summed E-state index contributed by atoms with van der Waals surface area (Å²) in [5.41, 5.74) is 9.96. The largest absolute Gasteiger partial charge is 0.465 e. The molecule has 1 saturated heterocycles. The van der Waals surface area contributed by atoms with Crippen molar-refractivity contribution in [3.8, 4) is 0 Å². The monoisotopic (exact) mass is 524 g/mol. The van der Waals surface area contributed by atoms with Gasteiger partial charge in [0.2, 0.25) is 5.95 Å². The standard InChI is InChI=1S/C30H48N6O2/c1-5-6-7-16-32-29-27(23(2)33-30(31)34-29)21-24-10-12-25(13-11-24)22-28(37)38-20-9-8-17-36-18-14-26(15-19-36)35(3)4/h10-13,26H,5-9,14-22H2,1-4H3,(H3,31,32,33,34). The van der Waals surface area contributed by atoms with Crippen LogP contribution in [-0.2, 0) is 22.4 Å². The maximum atomic E-state index is 12.3. The second-order valence-electron chi connectivity index (χ2n) is 10.8. The van der Waals surface area contributed by atoms with Crippen molar-refractivity contribution in [2.45, 2.75) is 77.7 Å². The fourth-order valence-corrected chi connectivity index (χ4v) is 5.04. The number of carbonyl (C=O) groups excluding carboxylic acids is 1. The number of nitrogen functional groups attached to an aromatic ring is 1. The third kappa shape index (κ3) is 9.87. The molecule has 0 aliphatic carbocycles. The minimum Gasteiger partial charge on any atom is -0.465 e. The summed E-state index contributed by atoms with van der Waals surface area (Å²) < 4.78 is 5.51. The van der Waals surface area contributed by atoms with Gasteiger partial charge >= 0.3 is 5.97 Å². The summed E-state index contributed by atoms with van der Waals surface area (Å²) in [4.78, 5) is 26.0. The van der Waals surface area contributed by atoms with Crippen molar-refractivity contribution in [3.63, 3.8) is 0 Å². The molecule has 210 valence electrons. The second kappa shape index (κ2) is 15.6. The highest BCUT2D eigenvalue weighted by molar-refractivity contribution is 5.72. The maximum absolute atomic E-state index is 12.3. The molecule has 2 aromatic rings. The van der Waals surface area contributed by atoms with E-state index in [1.165, 1.54) is 38.8 Å². The number of unbranched alkanes of at least 4 members (excludes halogenated alkanes) is 3. The zero-order valence-electron chi connectivity index (χ0n) is 24.0. The number of piperidine rings is 1. The van der Waals surface area contributed by atoms with E-state index in [1.54, 1.807) is 0 Å². The van der Waals surface area contributed by atoms with Gasteiger partial charge in [0.15, 0.2) is 0 Å². The lowest BCUT2D eigenvalue weighted by molar-refractivity contribution is -0.142. The topological polar surface area (TPSA) is 96.6 Å². The van der Waals surface area contributed by atoms with E-state index in [0.29, 0.717) is 31.4 Å². The summed E-state index contributed by atoms with van der Waals surface area (Å²) in [5.74, 6) is 0.949. The van der Waals surface area contributed by atoms with Gasteiger partial charge in [-0.2, -0.15) is 4.98 Å². The molecular weight excluding hydrogens is 476 g/mol. The van der Waals surface area contributed by atoms with Crippen molar-refractivity contribution in [2.75, 3.05) is 57.9 Å². The highest BCUT2D eigenvalue weighted by Crippen LogP contribution is 2.22. The van der Waals surface area contributed by atoms with Gasteiger partial charge in [-0.05, 0) is 83.9 Å². The van der Waals surface area contributed by atoms with Crippen LogP contribution in [0.5, 0.6) is 0 Å². The van der Waals surface area contributed by atoms with E-state index < -0.39 is 0 Å². The molecule has 0 radical (unpaired) electrons. The molecule has 2 heterocycles. The van der Waals surface area contributed by atoms with Crippen molar-refractivity contribution < 1.29 is 9.53 Å². The van der Waals surface area contributed by atoms with E-state index in [2.05, 4.69) is 58.2 Å². The third-order valence-corrected chi connectivity index (χ3v) is 7.48. The van der Waals surface area contributed by atoms with Crippen LogP contribution in [0, 0.1) is 6.92 Å². The second-order valence-corrected chi connectivity index (χ2v) is 10.8. The molecule has 0 amide bonds. The van der Waals surface area contributed by atoms with Crippen LogP contribution in [0.1, 0.15) is 74.3 Å². The summed E-state index contributed by atoms with van der Waals surface area (Å²) in [7, 11) is 4.34. The van der Waals surface area contributed by atoms with Crippen molar-refractivity contribution >= 4 is 17.7 Å². The fourth-order valence-electron chi connectivity index (χ4n) is 5.04. The van der Waals surface area contributed by atoms with Gasteiger partial charge in [0.05, 0.1) is 13.0 Å². The first-order valence-corrected chi connectivity index (χ1v) is 14.3. The fraction of sp³-hybridized carbons (Fsp3) is 0.633. The quantitative estimate of drug-likeness (QED) is 0.261. The summed E-state index contributed by atoms with van der Waals surface area (Å²) >= 11 is 0. The number of hydrogen-bond acceptors (Lipinski definition) is 8. The molecule has 1 aromatic heterocycles. The van der Waals surface area contributed by atoms with Crippen molar-refractivity contribution in [1.82, 2.24) is 19.8 Å². The van der Waals surface area contributed by atoms with Crippen LogP contribution in [0.4, 0.5) is 11.8 Å². The summed E-state index contributed by atoms with van der Waals surface area (Å²) in [5, 5.41) is 3.44. The molecule has 3 N–H and O–H groups in total.